The monoisotopic (exact) mass is 287 g/mol. The lowest BCUT2D eigenvalue weighted by molar-refractivity contribution is -0.0933. The molecule has 4 fully saturated rings. The van der Waals surface area contributed by atoms with E-state index in [2.05, 4.69) is 5.32 Å². The summed E-state index contributed by atoms with van der Waals surface area (Å²) < 4.78 is 5.75. The first-order valence-electron chi connectivity index (χ1n) is 7.94. The van der Waals surface area contributed by atoms with Crippen LogP contribution < -0.4 is 5.32 Å². The molecule has 1 amide bonds. The minimum absolute atomic E-state index is 0.106. The van der Waals surface area contributed by atoms with E-state index in [0.29, 0.717) is 17.5 Å². The molecule has 1 aromatic carbocycles. The van der Waals surface area contributed by atoms with Crippen molar-refractivity contribution in [3.63, 3.8) is 0 Å². The number of carbonyl (C=O) groups excluding carboxylic acids is 1. The van der Waals surface area contributed by atoms with Crippen molar-refractivity contribution in [3.05, 3.63) is 24.3 Å². The van der Waals surface area contributed by atoms with Crippen LogP contribution in [0.2, 0.25) is 0 Å². The zero-order chi connectivity index (χ0) is 14.4. The molecule has 4 aliphatic rings. The number of amides is 1. The number of hydrogen-bond donors (Lipinski definition) is 2. The van der Waals surface area contributed by atoms with E-state index < -0.39 is 0 Å². The molecule has 4 bridgehead atoms. The molecule has 0 unspecified atom stereocenters. The lowest BCUT2D eigenvalue weighted by Crippen LogP contribution is -2.50. The normalized spacial score (nSPS) is 36.5. The van der Waals surface area contributed by atoms with Crippen molar-refractivity contribution in [2.75, 3.05) is 5.32 Å². The summed E-state index contributed by atoms with van der Waals surface area (Å²) in [6.07, 6.45) is 6.11. The summed E-state index contributed by atoms with van der Waals surface area (Å²) in [5, 5.41) is 12.0. The first-order valence-corrected chi connectivity index (χ1v) is 7.94. The van der Waals surface area contributed by atoms with Crippen LogP contribution in [0.4, 0.5) is 10.5 Å². The number of benzene rings is 1. The molecule has 112 valence electrons. The third-order valence-corrected chi connectivity index (χ3v) is 5.50. The van der Waals surface area contributed by atoms with Crippen LogP contribution in [-0.2, 0) is 4.74 Å². The standard InChI is InChI=1S/C17H21NO3/c19-15-3-1-14(2-4-15)18-17(20)21-16-12-6-10-5-11(8-12)9-13(16)7-10/h1-4,10-13,16,19H,5-9H2,(H,18,20). The van der Waals surface area contributed by atoms with Gasteiger partial charge in [-0.1, -0.05) is 0 Å². The molecule has 0 aromatic heterocycles. The van der Waals surface area contributed by atoms with Gasteiger partial charge in [-0.25, -0.2) is 4.79 Å². The van der Waals surface area contributed by atoms with E-state index in [-0.39, 0.29) is 17.9 Å². The van der Waals surface area contributed by atoms with Crippen LogP contribution in [0.25, 0.3) is 0 Å². The summed E-state index contributed by atoms with van der Waals surface area (Å²) in [4.78, 5) is 12.1. The van der Waals surface area contributed by atoms with Crippen molar-refractivity contribution in [2.45, 2.75) is 38.2 Å². The van der Waals surface area contributed by atoms with Gasteiger partial charge in [0.15, 0.2) is 0 Å². The van der Waals surface area contributed by atoms with Gasteiger partial charge in [-0.15, -0.1) is 0 Å². The van der Waals surface area contributed by atoms with Gasteiger partial charge < -0.3 is 9.84 Å². The fourth-order valence-electron chi connectivity index (χ4n) is 4.88. The molecule has 0 radical (unpaired) electrons. The van der Waals surface area contributed by atoms with Gasteiger partial charge in [0.1, 0.15) is 11.9 Å². The van der Waals surface area contributed by atoms with Crippen LogP contribution in [0, 0.1) is 23.7 Å². The summed E-state index contributed by atoms with van der Waals surface area (Å²) in [5.74, 6) is 3.11. The Balaban J connectivity index is 1.39. The largest absolute Gasteiger partial charge is 0.508 e. The van der Waals surface area contributed by atoms with Crippen LogP contribution in [0.1, 0.15) is 32.1 Å². The highest BCUT2D eigenvalue weighted by molar-refractivity contribution is 5.84. The number of aromatic hydroxyl groups is 1. The number of nitrogens with one attached hydrogen (secondary N) is 1. The summed E-state index contributed by atoms with van der Waals surface area (Å²) in [7, 11) is 0. The second-order valence-corrected chi connectivity index (χ2v) is 6.97. The third-order valence-electron chi connectivity index (χ3n) is 5.50. The first kappa shape index (κ1) is 13.0. The maximum Gasteiger partial charge on any atom is 0.411 e. The molecule has 5 rings (SSSR count). The molecule has 0 atom stereocenters. The van der Waals surface area contributed by atoms with Crippen molar-refractivity contribution in [1.82, 2.24) is 0 Å². The second kappa shape index (κ2) is 4.93. The highest BCUT2D eigenvalue weighted by Crippen LogP contribution is 2.54. The van der Waals surface area contributed by atoms with Crippen molar-refractivity contribution in [1.29, 1.82) is 0 Å². The maximum atomic E-state index is 12.1. The van der Waals surface area contributed by atoms with Crippen molar-refractivity contribution < 1.29 is 14.6 Å². The molecular weight excluding hydrogens is 266 g/mol. The van der Waals surface area contributed by atoms with Gasteiger partial charge in [-0.3, -0.25) is 5.32 Å². The Morgan fingerprint density at radius 3 is 2.14 bits per heavy atom. The molecule has 1 aromatic rings. The molecule has 2 N–H and O–H groups in total. The molecule has 4 nitrogen and oxygen atoms in total. The molecule has 4 saturated carbocycles. The Morgan fingerprint density at radius 1 is 1.00 bits per heavy atom. The number of hydrogen-bond acceptors (Lipinski definition) is 3. The van der Waals surface area contributed by atoms with Crippen molar-refractivity contribution >= 4 is 11.8 Å². The van der Waals surface area contributed by atoms with Gasteiger partial charge in [-0.2, -0.15) is 0 Å². The average Bonchev–Trinajstić information content (AvgIpc) is 2.45. The minimum Gasteiger partial charge on any atom is -0.508 e. The van der Waals surface area contributed by atoms with Crippen molar-refractivity contribution in [3.8, 4) is 5.75 Å². The average molecular weight is 287 g/mol. The van der Waals surface area contributed by atoms with Gasteiger partial charge in [-0.05, 0) is 80.0 Å². The summed E-state index contributed by atoms with van der Waals surface area (Å²) in [6, 6.07) is 6.46. The van der Waals surface area contributed by atoms with Gasteiger partial charge in [0.05, 0.1) is 0 Å². The number of carbonyl (C=O) groups is 1. The highest BCUT2D eigenvalue weighted by Gasteiger charge is 2.49. The van der Waals surface area contributed by atoms with Crippen LogP contribution in [0.15, 0.2) is 24.3 Å². The minimum atomic E-state index is -0.363. The van der Waals surface area contributed by atoms with Gasteiger partial charge in [0, 0.05) is 5.69 Å². The van der Waals surface area contributed by atoms with Crippen LogP contribution in [0.3, 0.4) is 0 Å². The lowest BCUT2D eigenvalue weighted by atomic mass is 9.55. The van der Waals surface area contributed by atoms with Crippen molar-refractivity contribution in [2.24, 2.45) is 23.7 Å². The number of ether oxygens (including phenoxy) is 1. The number of phenols is 1. The molecule has 21 heavy (non-hydrogen) atoms. The highest BCUT2D eigenvalue weighted by atomic mass is 16.6. The van der Waals surface area contributed by atoms with E-state index in [0.717, 1.165) is 11.8 Å². The zero-order valence-corrected chi connectivity index (χ0v) is 12.0. The quantitative estimate of drug-likeness (QED) is 0.814. The number of rotatable bonds is 2. The Hall–Kier alpha value is -1.71. The van der Waals surface area contributed by atoms with E-state index in [1.54, 1.807) is 24.3 Å². The molecular formula is C17H21NO3. The summed E-state index contributed by atoms with van der Waals surface area (Å²) >= 11 is 0. The van der Waals surface area contributed by atoms with Gasteiger partial charge in [0.25, 0.3) is 0 Å². The van der Waals surface area contributed by atoms with Gasteiger partial charge in [0.2, 0.25) is 0 Å². The Kier molecular flexibility index (Phi) is 3.05. The van der Waals surface area contributed by atoms with Crippen LogP contribution >= 0.6 is 0 Å². The Bertz CT molecular complexity index is 511. The van der Waals surface area contributed by atoms with E-state index in [9.17, 15) is 9.90 Å². The lowest BCUT2D eigenvalue weighted by Gasteiger charge is -2.53. The number of anilines is 1. The smallest absolute Gasteiger partial charge is 0.411 e. The van der Waals surface area contributed by atoms with Gasteiger partial charge >= 0.3 is 6.09 Å². The molecule has 0 heterocycles. The summed E-state index contributed by atoms with van der Waals surface area (Å²) in [6.45, 7) is 0. The number of phenolic OH excluding ortho intramolecular Hbond substituents is 1. The zero-order valence-electron chi connectivity index (χ0n) is 12.0. The summed E-state index contributed by atoms with van der Waals surface area (Å²) in [5.41, 5.74) is 0.654. The first-order chi connectivity index (χ1) is 10.2. The second-order valence-electron chi connectivity index (χ2n) is 6.97. The predicted octanol–water partition coefficient (Wildman–Crippen LogP) is 3.77. The SMILES string of the molecule is O=C(Nc1ccc(O)cc1)OC1C2CC3CC(C2)CC1C3. The molecule has 4 heteroatoms. The van der Waals surface area contributed by atoms with E-state index in [4.69, 9.17) is 4.74 Å². The van der Waals surface area contributed by atoms with Crippen LogP contribution in [0.5, 0.6) is 5.75 Å². The molecule has 0 aliphatic heterocycles. The van der Waals surface area contributed by atoms with E-state index >= 15 is 0 Å². The molecule has 0 spiro atoms. The maximum absolute atomic E-state index is 12.1. The topological polar surface area (TPSA) is 58.6 Å². The van der Waals surface area contributed by atoms with Crippen LogP contribution in [-0.4, -0.2) is 17.3 Å². The van der Waals surface area contributed by atoms with E-state index in [1.807, 2.05) is 0 Å². The molecule has 4 aliphatic carbocycles. The Morgan fingerprint density at radius 2 is 1.57 bits per heavy atom. The third kappa shape index (κ3) is 2.47. The van der Waals surface area contributed by atoms with E-state index in [1.165, 1.54) is 32.1 Å². The molecule has 0 saturated heterocycles. The predicted molar refractivity (Wildman–Crippen MR) is 79.0 cm³/mol. The fourth-order valence-corrected chi connectivity index (χ4v) is 4.88. The Labute approximate surface area is 124 Å². The fraction of sp³-hybridized carbons (Fsp3) is 0.588.